The maximum absolute atomic E-state index is 11.1. The van der Waals surface area contributed by atoms with Gasteiger partial charge in [0.15, 0.2) is 0 Å². The van der Waals surface area contributed by atoms with Crippen molar-refractivity contribution in [3.05, 3.63) is 42.1 Å². The van der Waals surface area contributed by atoms with E-state index < -0.39 is 6.03 Å². The van der Waals surface area contributed by atoms with Crippen LogP contribution in [0, 0.1) is 0 Å². The minimum Gasteiger partial charge on any atom is -0.351 e. The number of hydrogen-bond donors (Lipinski definition) is 2. The number of nitrogens with two attached hydrogens (primary N) is 1. The second-order valence-corrected chi connectivity index (χ2v) is 6.29. The molecule has 2 aromatic rings. The average molecular weight is 290 g/mol. The van der Waals surface area contributed by atoms with Crippen LogP contribution in [0.1, 0.15) is 19.5 Å². The molecule has 0 atom stereocenters. The summed E-state index contributed by atoms with van der Waals surface area (Å²) in [5, 5.41) is 7.22. The van der Waals surface area contributed by atoms with Crippen molar-refractivity contribution in [1.29, 1.82) is 0 Å². The molecule has 5 nitrogen and oxygen atoms in total. The molecule has 0 aliphatic heterocycles. The topological polar surface area (TPSA) is 72.9 Å². The minimum absolute atomic E-state index is 0.145. The number of amides is 2. The fourth-order valence-electron chi connectivity index (χ4n) is 1.76. The van der Waals surface area contributed by atoms with Gasteiger partial charge in [0.05, 0.1) is 16.1 Å². The van der Waals surface area contributed by atoms with E-state index in [0.717, 1.165) is 11.4 Å². The van der Waals surface area contributed by atoms with Gasteiger partial charge in [-0.25, -0.2) is 9.48 Å². The predicted molar refractivity (Wildman–Crippen MR) is 83.3 cm³/mol. The third-order valence-corrected chi connectivity index (χ3v) is 4.32. The van der Waals surface area contributed by atoms with Crippen molar-refractivity contribution in [3.8, 4) is 5.69 Å². The molecule has 0 unspecified atom stereocenters. The van der Waals surface area contributed by atoms with Gasteiger partial charge in [-0.15, -0.1) is 0 Å². The Morgan fingerprint density at radius 1 is 1.35 bits per heavy atom. The molecule has 0 radical (unpaired) electrons. The lowest BCUT2D eigenvalue weighted by Crippen LogP contribution is -2.21. The maximum Gasteiger partial charge on any atom is 0.317 e. The fraction of sp³-hybridized carbons (Fsp3) is 0.286. The lowest BCUT2D eigenvalue weighted by molar-refractivity contribution is 0.259. The van der Waals surface area contributed by atoms with Crippen LogP contribution in [0.5, 0.6) is 0 Å². The fourth-order valence-corrected chi connectivity index (χ4v) is 2.07. The van der Waals surface area contributed by atoms with E-state index in [1.54, 1.807) is 16.4 Å². The monoisotopic (exact) mass is 290 g/mol. The summed E-state index contributed by atoms with van der Waals surface area (Å²) in [7, 11) is 0. The van der Waals surface area contributed by atoms with Crippen LogP contribution in [0.25, 0.3) is 5.69 Å². The van der Waals surface area contributed by atoms with Gasteiger partial charge < -0.3 is 5.73 Å². The SMILES string of the molecule is CSC(C)(C)c1cc(NC(N)=O)n(-c2ccccc2)n1. The highest BCUT2D eigenvalue weighted by molar-refractivity contribution is 7.99. The van der Waals surface area contributed by atoms with Crippen molar-refractivity contribution in [3.63, 3.8) is 0 Å². The molecule has 3 N–H and O–H groups in total. The maximum atomic E-state index is 11.1. The van der Waals surface area contributed by atoms with Gasteiger partial charge in [-0.1, -0.05) is 18.2 Å². The second kappa shape index (κ2) is 5.58. The molecule has 0 bridgehead atoms. The molecule has 1 aromatic heterocycles. The second-order valence-electron chi connectivity index (χ2n) is 4.87. The van der Waals surface area contributed by atoms with E-state index in [0.29, 0.717) is 5.82 Å². The van der Waals surface area contributed by atoms with Crippen molar-refractivity contribution < 1.29 is 4.79 Å². The summed E-state index contributed by atoms with van der Waals surface area (Å²) in [5.74, 6) is 0.570. The number of benzene rings is 1. The lowest BCUT2D eigenvalue weighted by atomic mass is 10.1. The number of para-hydroxylation sites is 1. The van der Waals surface area contributed by atoms with Gasteiger partial charge in [0.1, 0.15) is 5.82 Å². The molecule has 2 rings (SSSR count). The smallest absolute Gasteiger partial charge is 0.317 e. The molecule has 106 valence electrons. The van der Waals surface area contributed by atoms with E-state index in [4.69, 9.17) is 5.73 Å². The van der Waals surface area contributed by atoms with Crippen LogP contribution in [-0.4, -0.2) is 22.1 Å². The van der Waals surface area contributed by atoms with Crippen LogP contribution in [-0.2, 0) is 4.75 Å². The predicted octanol–water partition coefficient (Wildman–Crippen LogP) is 2.96. The number of rotatable bonds is 4. The number of nitrogens with one attached hydrogen (secondary N) is 1. The summed E-state index contributed by atoms with van der Waals surface area (Å²) >= 11 is 1.70. The van der Waals surface area contributed by atoms with Crippen LogP contribution in [0.3, 0.4) is 0 Å². The van der Waals surface area contributed by atoms with E-state index >= 15 is 0 Å². The lowest BCUT2D eigenvalue weighted by Gasteiger charge is -2.18. The van der Waals surface area contributed by atoms with Gasteiger partial charge in [0, 0.05) is 6.07 Å². The zero-order chi connectivity index (χ0) is 14.8. The van der Waals surface area contributed by atoms with E-state index in [1.807, 2.05) is 42.7 Å². The molecular formula is C14H18N4OS. The van der Waals surface area contributed by atoms with E-state index in [-0.39, 0.29) is 4.75 Å². The molecule has 1 aromatic carbocycles. The average Bonchev–Trinajstić information content (AvgIpc) is 2.83. The number of thioether (sulfide) groups is 1. The van der Waals surface area contributed by atoms with Crippen molar-refractivity contribution in [2.45, 2.75) is 18.6 Å². The van der Waals surface area contributed by atoms with Crippen LogP contribution in [0.2, 0.25) is 0 Å². The quantitative estimate of drug-likeness (QED) is 0.909. The van der Waals surface area contributed by atoms with Gasteiger partial charge >= 0.3 is 6.03 Å². The third kappa shape index (κ3) is 2.96. The zero-order valence-corrected chi connectivity index (χ0v) is 12.6. The van der Waals surface area contributed by atoms with Crippen LogP contribution in [0.4, 0.5) is 10.6 Å². The molecule has 0 saturated carbocycles. The summed E-state index contributed by atoms with van der Waals surface area (Å²) in [5.41, 5.74) is 6.99. The van der Waals surface area contributed by atoms with Crippen LogP contribution in [0.15, 0.2) is 36.4 Å². The first-order valence-electron chi connectivity index (χ1n) is 6.21. The molecule has 2 amide bonds. The Labute approximate surface area is 122 Å². The van der Waals surface area contributed by atoms with Crippen molar-refractivity contribution in [1.82, 2.24) is 9.78 Å². The molecule has 6 heteroatoms. The first-order valence-corrected chi connectivity index (χ1v) is 7.44. The van der Waals surface area contributed by atoms with E-state index in [9.17, 15) is 4.79 Å². The van der Waals surface area contributed by atoms with Crippen molar-refractivity contribution >= 4 is 23.6 Å². The summed E-state index contributed by atoms with van der Waals surface area (Å²) in [6.07, 6.45) is 2.03. The Balaban J connectivity index is 2.51. The number of urea groups is 1. The summed E-state index contributed by atoms with van der Waals surface area (Å²) in [6, 6.07) is 10.9. The zero-order valence-electron chi connectivity index (χ0n) is 11.8. The van der Waals surface area contributed by atoms with Gasteiger partial charge in [-0.3, -0.25) is 5.32 Å². The summed E-state index contributed by atoms with van der Waals surface area (Å²) < 4.78 is 1.55. The van der Waals surface area contributed by atoms with Crippen LogP contribution >= 0.6 is 11.8 Å². The van der Waals surface area contributed by atoms with Gasteiger partial charge in [0.2, 0.25) is 0 Å². The normalized spacial score (nSPS) is 11.3. The molecule has 0 aliphatic rings. The molecular weight excluding hydrogens is 272 g/mol. The number of carbonyl (C=O) groups excluding carboxylic acids is 1. The molecule has 0 fully saturated rings. The van der Waals surface area contributed by atoms with Gasteiger partial charge in [-0.2, -0.15) is 16.9 Å². The minimum atomic E-state index is -0.601. The number of carbonyl (C=O) groups is 1. The number of primary amides is 1. The standard InChI is InChI=1S/C14H18N4OS/c1-14(2,20-3)11-9-12(16-13(15)19)18(17-11)10-7-5-4-6-8-10/h4-9H,1-3H3,(H3,15,16,19). The summed E-state index contributed by atoms with van der Waals surface area (Å²) in [4.78, 5) is 11.1. The first kappa shape index (κ1) is 14.5. The number of aromatic nitrogens is 2. The number of anilines is 1. The summed E-state index contributed by atoms with van der Waals surface area (Å²) in [6.45, 7) is 4.17. The van der Waals surface area contributed by atoms with Gasteiger partial charge in [0.25, 0.3) is 0 Å². The Bertz CT molecular complexity index is 607. The molecule has 0 aliphatic carbocycles. The number of nitrogens with zero attached hydrogens (tertiary/aromatic N) is 2. The third-order valence-electron chi connectivity index (χ3n) is 3.09. The Kier molecular flexibility index (Phi) is 4.04. The van der Waals surface area contributed by atoms with E-state index in [1.165, 1.54) is 0 Å². The number of hydrogen-bond acceptors (Lipinski definition) is 3. The Morgan fingerprint density at radius 2 is 2.00 bits per heavy atom. The molecule has 20 heavy (non-hydrogen) atoms. The van der Waals surface area contributed by atoms with Crippen molar-refractivity contribution in [2.75, 3.05) is 11.6 Å². The van der Waals surface area contributed by atoms with Crippen molar-refractivity contribution in [2.24, 2.45) is 5.73 Å². The highest BCUT2D eigenvalue weighted by Gasteiger charge is 2.24. The molecule has 1 heterocycles. The Morgan fingerprint density at radius 3 is 2.55 bits per heavy atom. The van der Waals surface area contributed by atoms with E-state index in [2.05, 4.69) is 24.3 Å². The first-order chi connectivity index (χ1) is 9.44. The largest absolute Gasteiger partial charge is 0.351 e. The van der Waals surface area contributed by atoms with Crippen LogP contribution < -0.4 is 11.1 Å². The Hall–Kier alpha value is -1.95. The molecule has 0 saturated heterocycles. The highest BCUT2D eigenvalue weighted by atomic mass is 32.2. The molecule has 0 spiro atoms. The highest BCUT2D eigenvalue weighted by Crippen LogP contribution is 2.34. The van der Waals surface area contributed by atoms with Gasteiger partial charge in [-0.05, 0) is 32.2 Å².